The van der Waals surface area contributed by atoms with Crippen LogP contribution in [0.2, 0.25) is 0 Å². The minimum atomic E-state index is -0.264. The Kier molecular flexibility index (Phi) is 3.09. The van der Waals surface area contributed by atoms with Crippen LogP contribution in [0.3, 0.4) is 0 Å². The molecule has 0 spiro atoms. The number of benzene rings is 2. The summed E-state index contributed by atoms with van der Waals surface area (Å²) in [6.07, 6.45) is 0. The van der Waals surface area contributed by atoms with E-state index in [4.69, 9.17) is 0 Å². The standard InChI is InChI=1S/C15H10FNOS/c16-10-5-7-11(8-6-10)19-14-9-15(18)17-13-4-2-1-3-12(13)14/h1-9H,(H,17,18). The van der Waals surface area contributed by atoms with Crippen LogP contribution in [-0.2, 0) is 0 Å². The lowest BCUT2D eigenvalue weighted by atomic mass is 10.2. The van der Waals surface area contributed by atoms with Gasteiger partial charge in [-0.3, -0.25) is 4.79 Å². The van der Waals surface area contributed by atoms with Crippen LogP contribution in [-0.4, -0.2) is 4.98 Å². The van der Waals surface area contributed by atoms with E-state index in [1.807, 2.05) is 24.3 Å². The number of rotatable bonds is 2. The average Bonchev–Trinajstić information content (AvgIpc) is 2.41. The van der Waals surface area contributed by atoms with Crippen molar-refractivity contribution in [3.63, 3.8) is 0 Å². The second kappa shape index (κ2) is 4.90. The first-order valence-electron chi connectivity index (χ1n) is 5.78. The molecule has 2 aromatic carbocycles. The predicted molar refractivity (Wildman–Crippen MR) is 75.1 cm³/mol. The number of hydrogen-bond acceptors (Lipinski definition) is 2. The maximum absolute atomic E-state index is 12.9. The molecule has 0 atom stereocenters. The molecule has 0 amide bonds. The Morgan fingerprint density at radius 2 is 1.74 bits per heavy atom. The summed E-state index contributed by atoms with van der Waals surface area (Å²) >= 11 is 1.45. The van der Waals surface area contributed by atoms with Gasteiger partial charge < -0.3 is 4.98 Å². The average molecular weight is 271 g/mol. The number of pyridine rings is 1. The van der Waals surface area contributed by atoms with Crippen molar-refractivity contribution < 1.29 is 4.39 Å². The zero-order valence-electron chi connectivity index (χ0n) is 9.89. The molecule has 94 valence electrons. The highest BCUT2D eigenvalue weighted by molar-refractivity contribution is 7.99. The fraction of sp³-hybridized carbons (Fsp3) is 0. The lowest BCUT2D eigenvalue weighted by Gasteiger charge is -2.05. The fourth-order valence-corrected chi connectivity index (χ4v) is 2.87. The number of fused-ring (bicyclic) bond motifs is 1. The Labute approximate surface area is 113 Å². The van der Waals surface area contributed by atoms with Gasteiger partial charge in [0, 0.05) is 26.8 Å². The van der Waals surface area contributed by atoms with Gasteiger partial charge in [0.2, 0.25) is 5.56 Å². The van der Waals surface area contributed by atoms with Gasteiger partial charge in [-0.2, -0.15) is 0 Å². The first kappa shape index (κ1) is 12.0. The molecular weight excluding hydrogens is 261 g/mol. The fourth-order valence-electron chi connectivity index (χ4n) is 1.89. The third-order valence-electron chi connectivity index (χ3n) is 2.75. The van der Waals surface area contributed by atoms with Crippen LogP contribution in [0.5, 0.6) is 0 Å². The zero-order valence-corrected chi connectivity index (χ0v) is 10.7. The predicted octanol–water partition coefficient (Wildman–Crippen LogP) is 3.82. The van der Waals surface area contributed by atoms with Gasteiger partial charge in [-0.05, 0) is 30.3 Å². The van der Waals surface area contributed by atoms with E-state index in [0.717, 1.165) is 20.7 Å². The summed E-state index contributed by atoms with van der Waals surface area (Å²) in [5.41, 5.74) is 0.669. The van der Waals surface area contributed by atoms with E-state index in [-0.39, 0.29) is 11.4 Å². The van der Waals surface area contributed by atoms with Crippen molar-refractivity contribution in [2.24, 2.45) is 0 Å². The highest BCUT2D eigenvalue weighted by Crippen LogP contribution is 2.31. The van der Waals surface area contributed by atoms with Gasteiger partial charge in [-0.1, -0.05) is 30.0 Å². The minimum absolute atomic E-state index is 0.136. The Morgan fingerprint density at radius 1 is 1.00 bits per heavy atom. The van der Waals surface area contributed by atoms with E-state index < -0.39 is 0 Å². The highest BCUT2D eigenvalue weighted by Gasteiger charge is 2.05. The van der Waals surface area contributed by atoms with Crippen LogP contribution in [0.4, 0.5) is 4.39 Å². The van der Waals surface area contributed by atoms with Crippen molar-refractivity contribution in [3.8, 4) is 0 Å². The molecule has 0 radical (unpaired) electrons. The summed E-state index contributed by atoms with van der Waals surface area (Å²) < 4.78 is 12.9. The normalized spacial score (nSPS) is 10.8. The van der Waals surface area contributed by atoms with Gasteiger partial charge in [-0.25, -0.2) is 4.39 Å². The lowest BCUT2D eigenvalue weighted by molar-refractivity contribution is 0.626. The van der Waals surface area contributed by atoms with Gasteiger partial charge in [0.05, 0.1) is 0 Å². The van der Waals surface area contributed by atoms with Crippen LogP contribution in [0.1, 0.15) is 0 Å². The number of H-pyrrole nitrogens is 1. The van der Waals surface area contributed by atoms with Crippen molar-refractivity contribution in [1.29, 1.82) is 0 Å². The number of halogens is 1. The van der Waals surface area contributed by atoms with Crippen LogP contribution in [0.15, 0.2) is 69.2 Å². The molecule has 19 heavy (non-hydrogen) atoms. The first-order valence-corrected chi connectivity index (χ1v) is 6.59. The van der Waals surface area contributed by atoms with Crippen LogP contribution >= 0.6 is 11.8 Å². The molecule has 0 aliphatic rings. The molecule has 0 unspecified atom stereocenters. The second-order valence-electron chi connectivity index (χ2n) is 4.10. The molecule has 4 heteroatoms. The minimum Gasteiger partial charge on any atom is -0.322 e. The number of para-hydroxylation sites is 1. The van der Waals surface area contributed by atoms with Crippen LogP contribution in [0, 0.1) is 5.82 Å². The summed E-state index contributed by atoms with van der Waals surface area (Å²) in [5, 5.41) is 0.983. The van der Waals surface area contributed by atoms with Crippen LogP contribution < -0.4 is 5.56 Å². The van der Waals surface area contributed by atoms with E-state index in [2.05, 4.69) is 4.98 Å². The Hall–Kier alpha value is -2.07. The molecule has 0 saturated heterocycles. The molecule has 3 rings (SSSR count). The molecule has 0 fully saturated rings. The topological polar surface area (TPSA) is 32.9 Å². The van der Waals surface area contributed by atoms with Crippen molar-refractivity contribution in [2.75, 3.05) is 0 Å². The Balaban J connectivity index is 2.09. The Bertz CT molecular complexity index is 780. The van der Waals surface area contributed by atoms with Gasteiger partial charge in [0.25, 0.3) is 0 Å². The molecule has 3 aromatic rings. The van der Waals surface area contributed by atoms with Crippen molar-refractivity contribution in [2.45, 2.75) is 9.79 Å². The second-order valence-corrected chi connectivity index (χ2v) is 5.21. The van der Waals surface area contributed by atoms with E-state index in [1.165, 1.54) is 23.9 Å². The van der Waals surface area contributed by atoms with Crippen LogP contribution in [0.25, 0.3) is 10.9 Å². The highest BCUT2D eigenvalue weighted by atomic mass is 32.2. The van der Waals surface area contributed by atoms with E-state index in [0.29, 0.717) is 0 Å². The molecule has 1 N–H and O–H groups in total. The number of nitrogens with one attached hydrogen (secondary N) is 1. The largest absolute Gasteiger partial charge is 0.322 e. The molecule has 0 bridgehead atoms. The smallest absolute Gasteiger partial charge is 0.249 e. The molecular formula is C15H10FNOS. The molecule has 2 nitrogen and oxygen atoms in total. The molecule has 0 aliphatic heterocycles. The molecule has 0 saturated carbocycles. The number of aromatic nitrogens is 1. The van der Waals surface area contributed by atoms with Gasteiger partial charge in [0.1, 0.15) is 5.82 Å². The SMILES string of the molecule is O=c1cc(Sc2ccc(F)cc2)c2ccccc2[nH]1. The summed E-state index contributed by atoms with van der Waals surface area (Å²) in [6.45, 7) is 0. The molecule has 1 aromatic heterocycles. The van der Waals surface area contributed by atoms with E-state index in [9.17, 15) is 9.18 Å². The summed E-state index contributed by atoms with van der Waals surface area (Å²) in [4.78, 5) is 16.2. The monoisotopic (exact) mass is 271 g/mol. The van der Waals surface area contributed by atoms with Gasteiger partial charge >= 0.3 is 0 Å². The van der Waals surface area contributed by atoms with Crippen molar-refractivity contribution >= 4 is 22.7 Å². The van der Waals surface area contributed by atoms with Gasteiger partial charge in [-0.15, -0.1) is 0 Å². The summed E-state index contributed by atoms with van der Waals surface area (Å²) in [6, 6.07) is 15.4. The van der Waals surface area contributed by atoms with E-state index >= 15 is 0 Å². The quantitative estimate of drug-likeness (QED) is 0.768. The van der Waals surface area contributed by atoms with Gasteiger partial charge in [0.15, 0.2) is 0 Å². The summed E-state index contributed by atoms with van der Waals surface area (Å²) in [5.74, 6) is -0.264. The maximum Gasteiger partial charge on any atom is 0.249 e. The van der Waals surface area contributed by atoms with E-state index in [1.54, 1.807) is 18.2 Å². The summed E-state index contributed by atoms with van der Waals surface area (Å²) in [7, 11) is 0. The third-order valence-corrected chi connectivity index (χ3v) is 3.82. The number of aromatic amines is 1. The lowest BCUT2D eigenvalue weighted by Crippen LogP contribution is -2.04. The van der Waals surface area contributed by atoms with Crippen molar-refractivity contribution in [1.82, 2.24) is 4.98 Å². The zero-order chi connectivity index (χ0) is 13.2. The molecule has 1 heterocycles. The number of hydrogen-bond donors (Lipinski definition) is 1. The maximum atomic E-state index is 12.9. The first-order chi connectivity index (χ1) is 9.22. The van der Waals surface area contributed by atoms with Crippen molar-refractivity contribution in [3.05, 3.63) is 70.8 Å². The Morgan fingerprint density at radius 3 is 2.53 bits per heavy atom. The molecule has 0 aliphatic carbocycles. The third kappa shape index (κ3) is 2.53.